The van der Waals surface area contributed by atoms with Crippen molar-refractivity contribution in [3.63, 3.8) is 0 Å². The van der Waals surface area contributed by atoms with Gasteiger partial charge < -0.3 is 5.32 Å². The molecule has 1 aliphatic heterocycles. The Bertz CT molecular complexity index is 386. The van der Waals surface area contributed by atoms with Crippen molar-refractivity contribution >= 4 is 0 Å². The SMILES string of the molecule is CCCNCc1ccc(CN2CCC(C(C)C)C2)nc1. The molecule has 1 aromatic rings. The van der Waals surface area contributed by atoms with Gasteiger partial charge in [0.15, 0.2) is 0 Å². The lowest BCUT2D eigenvalue weighted by atomic mass is 9.95. The van der Waals surface area contributed by atoms with Crippen molar-refractivity contribution in [2.45, 2.75) is 46.7 Å². The number of aromatic nitrogens is 1. The third-order valence-electron chi connectivity index (χ3n) is 4.28. The minimum absolute atomic E-state index is 0.806. The van der Waals surface area contributed by atoms with Gasteiger partial charge in [-0.15, -0.1) is 0 Å². The summed E-state index contributed by atoms with van der Waals surface area (Å²) in [6.07, 6.45) is 4.54. The van der Waals surface area contributed by atoms with Gasteiger partial charge >= 0.3 is 0 Å². The fourth-order valence-corrected chi connectivity index (χ4v) is 2.84. The Morgan fingerprint density at radius 2 is 2.25 bits per heavy atom. The smallest absolute Gasteiger partial charge is 0.0544 e. The number of rotatable bonds is 7. The zero-order valence-electron chi connectivity index (χ0n) is 13.2. The van der Waals surface area contributed by atoms with Gasteiger partial charge in [-0.05, 0) is 49.4 Å². The van der Waals surface area contributed by atoms with Crippen LogP contribution in [0.1, 0.15) is 44.9 Å². The van der Waals surface area contributed by atoms with Gasteiger partial charge in [0.05, 0.1) is 5.69 Å². The van der Waals surface area contributed by atoms with E-state index in [4.69, 9.17) is 0 Å². The largest absolute Gasteiger partial charge is 0.313 e. The van der Waals surface area contributed by atoms with Crippen molar-refractivity contribution in [2.75, 3.05) is 19.6 Å². The Kier molecular flexibility index (Phi) is 5.99. The molecule has 112 valence electrons. The summed E-state index contributed by atoms with van der Waals surface area (Å²) in [7, 11) is 0. The maximum Gasteiger partial charge on any atom is 0.0544 e. The molecule has 0 radical (unpaired) electrons. The van der Waals surface area contributed by atoms with Gasteiger partial charge in [0, 0.05) is 25.8 Å². The highest BCUT2D eigenvalue weighted by atomic mass is 15.1. The fourth-order valence-electron chi connectivity index (χ4n) is 2.84. The molecule has 2 rings (SSSR count). The van der Waals surface area contributed by atoms with Crippen LogP contribution in [0.25, 0.3) is 0 Å². The van der Waals surface area contributed by atoms with Crippen LogP contribution in [0.4, 0.5) is 0 Å². The van der Waals surface area contributed by atoms with Gasteiger partial charge in [-0.3, -0.25) is 9.88 Å². The lowest BCUT2D eigenvalue weighted by Gasteiger charge is -2.17. The number of nitrogens with zero attached hydrogens (tertiary/aromatic N) is 2. The maximum absolute atomic E-state index is 4.61. The summed E-state index contributed by atoms with van der Waals surface area (Å²) in [5.74, 6) is 1.67. The topological polar surface area (TPSA) is 28.2 Å². The lowest BCUT2D eigenvalue weighted by Crippen LogP contribution is -2.22. The van der Waals surface area contributed by atoms with Crippen LogP contribution >= 0.6 is 0 Å². The van der Waals surface area contributed by atoms with Crippen molar-refractivity contribution in [3.05, 3.63) is 29.6 Å². The molecular weight excluding hydrogens is 246 g/mol. The molecule has 0 aromatic carbocycles. The highest BCUT2D eigenvalue weighted by Gasteiger charge is 2.24. The van der Waals surface area contributed by atoms with E-state index in [1.807, 2.05) is 6.20 Å². The third kappa shape index (κ3) is 4.57. The van der Waals surface area contributed by atoms with Crippen LogP contribution in [0.2, 0.25) is 0 Å². The van der Waals surface area contributed by atoms with Gasteiger partial charge in [0.2, 0.25) is 0 Å². The van der Waals surface area contributed by atoms with Crippen LogP contribution in [0.5, 0.6) is 0 Å². The quantitative estimate of drug-likeness (QED) is 0.775. The summed E-state index contributed by atoms with van der Waals surface area (Å²) >= 11 is 0. The second kappa shape index (κ2) is 7.75. The van der Waals surface area contributed by atoms with E-state index in [1.165, 1.54) is 37.2 Å². The van der Waals surface area contributed by atoms with E-state index >= 15 is 0 Å². The van der Waals surface area contributed by atoms with Crippen molar-refractivity contribution in [1.82, 2.24) is 15.2 Å². The van der Waals surface area contributed by atoms with Gasteiger partial charge in [-0.1, -0.05) is 26.8 Å². The van der Waals surface area contributed by atoms with Crippen LogP contribution in [0.3, 0.4) is 0 Å². The average Bonchev–Trinajstić information content (AvgIpc) is 2.90. The summed E-state index contributed by atoms with van der Waals surface area (Å²) in [4.78, 5) is 7.15. The summed E-state index contributed by atoms with van der Waals surface area (Å²) in [6, 6.07) is 4.40. The minimum atomic E-state index is 0.806. The molecule has 0 saturated carbocycles. The first kappa shape index (κ1) is 15.5. The van der Waals surface area contributed by atoms with Crippen LogP contribution in [-0.2, 0) is 13.1 Å². The molecule has 0 bridgehead atoms. The molecule has 1 aromatic heterocycles. The Hall–Kier alpha value is -0.930. The summed E-state index contributed by atoms with van der Waals surface area (Å²) in [6.45, 7) is 12.3. The predicted molar refractivity (Wildman–Crippen MR) is 84.5 cm³/mol. The predicted octanol–water partition coefficient (Wildman–Crippen LogP) is 3.06. The first-order chi connectivity index (χ1) is 9.69. The van der Waals surface area contributed by atoms with Crippen LogP contribution in [0.15, 0.2) is 18.3 Å². The van der Waals surface area contributed by atoms with Crippen molar-refractivity contribution in [3.8, 4) is 0 Å². The van der Waals surface area contributed by atoms with E-state index in [0.29, 0.717) is 0 Å². The van der Waals surface area contributed by atoms with Crippen molar-refractivity contribution in [2.24, 2.45) is 11.8 Å². The van der Waals surface area contributed by atoms with Gasteiger partial charge in [0.1, 0.15) is 0 Å². The third-order valence-corrected chi connectivity index (χ3v) is 4.28. The zero-order chi connectivity index (χ0) is 14.4. The molecule has 20 heavy (non-hydrogen) atoms. The minimum Gasteiger partial charge on any atom is -0.313 e. The second-order valence-corrected chi connectivity index (χ2v) is 6.36. The second-order valence-electron chi connectivity index (χ2n) is 6.36. The Balaban J connectivity index is 1.79. The molecule has 2 heterocycles. The highest BCUT2D eigenvalue weighted by molar-refractivity contribution is 5.14. The molecule has 0 spiro atoms. The van der Waals surface area contributed by atoms with E-state index in [9.17, 15) is 0 Å². The number of hydrogen-bond acceptors (Lipinski definition) is 3. The van der Waals surface area contributed by atoms with Gasteiger partial charge in [0.25, 0.3) is 0 Å². The summed E-state index contributed by atoms with van der Waals surface area (Å²) in [5.41, 5.74) is 2.48. The standard InChI is InChI=1S/C17H29N3/c1-4-8-18-10-15-5-6-17(19-11-15)13-20-9-7-16(12-20)14(2)3/h5-6,11,14,16,18H,4,7-10,12-13H2,1-3H3. The molecule has 1 atom stereocenters. The maximum atomic E-state index is 4.61. The Morgan fingerprint density at radius 3 is 2.85 bits per heavy atom. The molecule has 3 heteroatoms. The zero-order valence-corrected chi connectivity index (χ0v) is 13.2. The lowest BCUT2D eigenvalue weighted by molar-refractivity contribution is 0.294. The average molecular weight is 275 g/mol. The van der Waals surface area contributed by atoms with E-state index in [1.54, 1.807) is 0 Å². The van der Waals surface area contributed by atoms with Gasteiger partial charge in [-0.2, -0.15) is 0 Å². The van der Waals surface area contributed by atoms with Crippen LogP contribution in [-0.4, -0.2) is 29.5 Å². The van der Waals surface area contributed by atoms with Crippen LogP contribution in [0, 0.1) is 11.8 Å². The molecule has 0 aliphatic carbocycles. The number of hydrogen-bond donors (Lipinski definition) is 1. The van der Waals surface area contributed by atoms with Crippen LogP contribution < -0.4 is 5.32 Å². The highest BCUT2D eigenvalue weighted by Crippen LogP contribution is 2.24. The molecule has 3 nitrogen and oxygen atoms in total. The van der Waals surface area contributed by atoms with Gasteiger partial charge in [-0.25, -0.2) is 0 Å². The normalized spacial score (nSPS) is 19.9. The van der Waals surface area contributed by atoms with E-state index in [0.717, 1.165) is 31.5 Å². The number of nitrogens with one attached hydrogen (secondary N) is 1. The molecule has 1 saturated heterocycles. The summed E-state index contributed by atoms with van der Waals surface area (Å²) in [5, 5.41) is 3.41. The molecule has 1 N–H and O–H groups in total. The monoisotopic (exact) mass is 275 g/mol. The van der Waals surface area contributed by atoms with E-state index in [-0.39, 0.29) is 0 Å². The first-order valence-electron chi connectivity index (χ1n) is 8.06. The number of pyridine rings is 1. The van der Waals surface area contributed by atoms with E-state index < -0.39 is 0 Å². The summed E-state index contributed by atoms with van der Waals surface area (Å²) < 4.78 is 0. The molecule has 1 aliphatic rings. The fraction of sp³-hybridized carbons (Fsp3) is 0.706. The molecule has 0 amide bonds. The number of likely N-dealkylation sites (tertiary alicyclic amines) is 1. The Labute approximate surface area is 123 Å². The first-order valence-corrected chi connectivity index (χ1v) is 8.06. The molecule has 1 fully saturated rings. The Morgan fingerprint density at radius 1 is 1.40 bits per heavy atom. The van der Waals surface area contributed by atoms with Crippen molar-refractivity contribution < 1.29 is 0 Å². The molecule has 1 unspecified atom stereocenters. The van der Waals surface area contributed by atoms with Crippen molar-refractivity contribution in [1.29, 1.82) is 0 Å². The molecular formula is C17H29N3. The van der Waals surface area contributed by atoms with E-state index in [2.05, 4.69) is 48.1 Å².